The number of nitrogens with one attached hydrogen (secondary N) is 5. The number of benzene rings is 3. The highest BCUT2D eigenvalue weighted by Gasteiger charge is 2.47. The van der Waals surface area contributed by atoms with Gasteiger partial charge in [0, 0.05) is 49.5 Å². The highest BCUT2D eigenvalue weighted by Crippen LogP contribution is 2.37. The molecule has 9 atom stereocenters. The lowest BCUT2D eigenvalue weighted by molar-refractivity contribution is -0.147. The molecule has 378 valence electrons. The minimum atomic E-state index is -0.886. The maximum Gasteiger partial charge on any atom is 0.246 e. The van der Waals surface area contributed by atoms with Crippen molar-refractivity contribution in [2.45, 2.75) is 175 Å². The number of amides is 5. The van der Waals surface area contributed by atoms with E-state index in [1.165, 1.54) is 11.1 Å². The monoisotopic (exact) mass is 958 g/mol. The Hall–Kier alpha value is -5.56. The zero-order valence-corrected chi connectivity index (χ0v) is 43.4. The zero-order valence-electron chi connectivity index (χ0n) is 43.4. The lowest BCUT2D eigenvalue weighted by Gasteiger charge is -2.42. The number of anilines is 1. The fraction of sp³-hybridized carbons (Fsp3) is 0.579. The summed E-state index contributed by atoms with van der Waals surface area (Å²) in [6.45, 7) is 17.7. The second kappa shape index (κ2) is 21.8. The van der Waals surface area contributed by atoms with Gasteiger partial charge in [-0.1, -0.05) is 110 Å². The molecule has 0 radical (unpaired) electrons. The van der Waals surface area contributed by atoms with Crippen LogP contribution in [0.25, 0.3) is 0 Å². The van der Waals surface area contributed by atoms with Crippen molar-refractivity contribution in [3.63, 3.8) is 0 Å². The average molecular weight is 958 g/mol. The minimum absolute atomic E-state index is 0.0493. The number of carbonyl (C=O) groups excluding carboxylic acids is 6. The van der Waals surface area contributed by atoms with Crippen LogP contribution in [0.1, 0.15) is 153 Å². The number of aryl methyl sites for hydroxylation is 2. The van der Waals surface area contributed by atoms with Gasteiger partial charge >= 0.3 is 0 Å². The Morgan fingerprint density at radius 3 is 1.84 bits per heavy atom. The molecule has 0 spiro atoms. The van der Waals surface area contributed by atoms with Crippen LogP contribution >= 0.6 is 0 Å². The van der Waals surface area contributed by atoms with Gasteiger partial charge in [0.1, 0.15) is 23.9 Å². The number of ketones is 1. The van der Waals surface area contributed by atoms with Crippen LogP contribution in [0, 0.1) is 22.7 Å². The largest absolute Gasteiger partial charge is 0.380 e. The summed E-state index contributed by atoms with van der Waals surface area (Å²) in [6.07, 6.45) is 6.72. The van der Waals surface area contributed by atoms with E-state index in [1.807, 2.05) is 97.9 Å². The van der Waals surface area contributed by atoms with Gasteiger partial charge in [-0.25, -0.2) is 0 Å². The summed E-state index contributed by atoms with van der Waals surface area (Å²) < 4.78 is 0. The molecule has 0 aromatic heterocycles. The highest BCUT2D eigenvalue weighted by atomic mass is 16.2. The predicted molar refractivity (Wildman–Crippen MR) is 274 cm³/mol. The van der Waals surface area contributed by atoms with Gasteiger partial charge in [-0.15, -0.1) is 0 Å². The van der Waals surface area contributed by atoms with Crippen molar-refractivity contribution in [2.24, 2.45) is 22.7 Å². The lowest BCUT2D eigenvalue weighted by atomic mass is 9.76. The molecule has 0 bridgehead atoms. The lowest BCUT2D eigenvalue weighted by Crippen LogP contribution is -2.61. The summed E-state index contributed by atoms with van der Waals surface area (Å²) in [5, 5.41) is 16.4. The van der Waals surface area contributed by atoms with Gasteiger partial charge in [-0.05, 0) is 122 Å². The average Bonchev–Trinajstić information content (AvgIpc) is 3.76. The first-order chi connectivity index (χ1) is 33.2. The molecule has 5 N–H and O–H groups in total. The molecule has 5 amide bonds. The van der Waals surface area contributed by atoms with Crippen molar-refractivity contribution >= 4 is 41.0 Å². The molecular formula is C57H79N7O6. The van der Waals surface area contributed by atoms with E-state index in [-0.39, 0.29) is 85.3 Å². The van der Waals surface area contributed by atoms with Gasteiger partial charge in [-0.3, -0.25) is 28.8 Å². The second-order valence-corrected chi connectivity index (χ2v) is 22.8. The van der Waals surface area contributed by atoms with E-state index in [9.17, 15) is 24.0 Å². The first-order valence-corrected chi connectivity index (χ1v) is 25.9. The number of fused-ring (bicyclic) bond motifs is 3. The quantitative estimate of drug-likeness (QED) is 0.104. The van der Waals surface area contributed by atoms with E-state index in [4.69, 9.17) is 0 Å². The van der Waals surface area contributed by atoms with E-state index in [2.05, 4.69) is 50.8 Å². The summed E-state index contributed by atoms with van der Waals surface area (Å²) in [6, 6.07) is 18.9. The number of Topliss-reactive ketones (excluding diaryl/α,β-unsaturated/α-hetero) is 1. The molecule has 3 unspecified atom stereocenters. The standard InChI is InChI=1S/C57H79N7O6/c1-11-34(2)51(66)62-50(57(7,8)9)55(70)63-32-39-28-40(27-26-38(39)29-47(63)52(67)60-45-24-16-20-36-18-12-14-22-42(36)45)59-41-30-48(53(68)61-46-25-17-21-37-19-13-15-23-43(37)46)64(33-41)54(69)44(56(4,5)6)31-49(65)35(3)58-10/h12-15,18-19,22-23,26-28,34-35,41,44-48,50,58-59H,11,16-17,20-21,24-25,29-33H2,1-10H3,(H,60,67)(H,61,68)(H,62,66)/t34-,35+,41?,44-,45?,46?,47+,48+,50-/m1/s1. The third kappa shape index (κ3) is 11.8. The Kier molecular flexibility index (Phi) is 16.3. The Bertz CT molecular complexity index is 2420. The third-order valence-electron chi connectivity index (χ3n) is 15.7. The van der Waals surface area contributed by atoms with Crippen LogP contribution < -0.4 is 26.6 Å². The number of hydrogen-bond acceptors (Lipinski definition) is 8. The molecule has 1 fully saturated rings. The molecule has 2 heterocycles. The summed E-state index contributed by atoms with van der Waals surface area (Å²) in [4.78, 5) is 89.4. The summed E-state index contributed by atoms with van der Waals surface area (Å²) in [5.41, 5.74) is 6.02. The zero-order chi connectivity index (χ0) is 50.7. The van der Waals surface area contributed by atoms with E-state index >= 15 is 4.79 Å². The van der Waals surface area contributed by atoms with Crippen LogP contribution in [0.15, 0.2) is 66.7 Å². The molecule has 3 aromatic rings. The number of likely N-dealkylation sites (N-methyl/N-ethyl adjacent to an activating group) is 1. The van der Waals surface area contributed by atoms with Crippen LogP contribution in [0.2, 0.25) is 0 Å². The fourth-order valence-corrected chi connectivity index (χ4v) is 10.9. The van der Waals surface area contributed by atoms with Crippen molar-refractivity contribution in [3.05, 3.63) is 100 Å². The molecule has 1 saturated heterocycles. The molecular weight excluding hydrogens is 879 g/mol. The normalized spacial score (nSPS) is 22.8. The summed E-state index contributed by atoms with van der Waals surface area (Å²) >= 11 is 0. The number of likely N-dealkylation sites (tertiary alicyclic amines) is 1. The molecule has 2 aliphatic heterocycles. The van der Waals surface area contributed by atoms with Crippen LogP contribution in [0.3, 0.4) is 0 Å². The Morgan fingerprint density at radius 1 is 0.700 bits per heavy atom. The summed E-state index contributed by atoms with van der Waals surface area (Å²) in [5.74, 6) is -2.17. The predicted octanol–water partition coefficient (Wildman–Crippen LogP) is 7.52. The van der Waals surface area contributed by atoms with Crippen molar-refractivity contribution in [3.8, 4) is 0 Å². The number of rotatable bonds is 15. The van der Waals surface area contributed by atoms with Crippen molar-refractivity contribution < 1.29 is 28.8 Å². The molecule has 4 aliphatic rings. The van der Waals surface area contributed by atoms with E-state index in [1.54, 1.807) is 23.8 Å². The fourth-order valence-electron chi connectivity index (χ4n) is 10.9. The number of hydrogen-bond donors (Lipinski definition) is 5. The Balaban J connectivity index is 1.17. The highest BCUT2D eigenvalue weighted by molar-refractivity contribution is 5.95. The van der Waals surface area contributed by atoms with Crippen LogP contribution in [0.5, 0.6) is 0 Å². The number of carbonyl (C=O) groups is 6. The van der Waals surface area contributed by atoms with E-state index < -0.39 is 40.9 Å². The second-order valence-electron chi connectivity index (χ2n) is 22.8. The molecule has 7 rings (SSSR count). The van der Waals surface area contributed by atoms with Gasteiger partial charge in [-0.2, -0.15) is 0 Å². The first kappa shape index (κ1) is 52.3. The van der Waals surface area contributed by atoms with Gasteiger partial charge < -0.3 is 36.4 Å². The van der Waals surface area contributed by atoms with Crippen LogP contribution in [0.4, 0.5) is 5.69 Å². The molecule has 0 saturated carbocycles. The van der Waals surface area contributed by atoms with Crippen molar-refractivity contribution in [1.29, 1.82) is 0 Å². The van der Waals surface area contributed by atoms with E-state index in [0.29, 0.717) is 12.8 Å². The molecule has 13 nitrogen and oxygen atoms in total. The van der Waals surface area contributed by atoms with E-state index in [0.717, 1.165) is 66.5 Å². The summed E-state index contributed by atoms with van der Waals surface area (Å²) in [7, 11) is 1.73. The smallest absolute Gasteiger partial charge is 0.246 e. The Morgan fingerprint density at radius 2 is 1.29 bits per heavy atom. The Labute approximate surface area is 416 Å². The maximum atomic E-state index is 15.0. The van der Waals surface area contributed by atoms with Crippen molar-refractivity contribution in [1.82, 2.24) is 31.1 Å². The van der Waals surface area contributed by atoms with Gasteiger partial charge in [0.15, 0.2) is 0 Å². The minimum Gasteiger partial charge on any atom is -0.380 e. The van der Waals surface area contributed by atoms with Crippen LogP contribution in [-0.4, -0.2) is 88.9 Å². The van der Waals surface area contributed by atoms with Gasteiger partial charge in [0.2, 0.25) is 29.5 Å². The molecule has 2 aliphatic carbocycles. The third-order valence-corrected chi connectivity index (χ3v) is 15.7. The van der Waals surface area contributed by atoms with Crippen LogP contribution in [-0.2, 0) is 54.6 Å². The molecule has 70 heavy (non-hydrogen) atoms. The molecule has 13 heteroatoms. The van der Waals surface area contributed by atoms with Gasteiger partial charge in [0.05, 0.1) is 18.1 Å². The molecule has 3 aromatic carbocycles. The van der Waals surface area contributed by atoms with Gasteiger partial charge in [0.25, 0.3) is 0 Å². The topological polar surface area (TPSA) is 169 Å². The number of nitrogens with zero attached hydrogens (tertiary/aromatic N) is 2. The SMILES string of the molecule is CC[C@@H](C)C(=O)N[C@H](C(=O)N1Cc2cc(NC3C[C@@H](C(=O)NC4CCCc5ccccc54)N(C(=O)[C@@H](CC(=O)[C@H](C)NC)C(C)(C)C)C3)ccc2C[C@H]1C(=O)NC1CCCc2ccccc21)C(C)(C)C. The first-order valence-electron chi connectivity index (χ1n) is 25.9. The van der Waals surface area contributed by atoms with Crippen molar-refractivity contribution in [2.75, 3.05) is 18.9 Å². The maximum absolute atomic E-state index is 15.0.